The molecular weight excluding hydrogens is 284 g/mol. The summed E-state index contributed by atoms with van der Waals surface area (Å²) in [6, 6.07) is 6.53. The van der Waals surface area contributed by atoms with Crippen molar-refractivity contribution in [2.24, 2.45) is 0 Å². The molecule has 0 spiro atoms. The largest absolute Gasteiger partial charge is 0.376 e. The number of aromatic nitrogens is 1. The number of halogens is 1. The van der Waals surface area contributed by atoms with Gasteiger partial charge in [0.1, 0.15) is 0 Å². The van der Waals surface area contributed by atoms with Gasteiger partial charge in [-0.15, -0.1) is 11.3 Å². The Balaban J connectivity index is 2.13. The van der Waals surface area contributed by atoms with E-state index in [9.17, 15) is 0 Å². The molecule has 0 radical (unpaired) electrons. The number of nitrogens with zero attached hydrogens (tertiary/aromatic N) is 1. The zero-order chi connectivity index (χ0) is 11.5. The van der Waals surface area contributed by atoms with E-state index >= 15 is 0 Å². The predicted octanol–water partition coefficient (Wildman–Crippen LogP) is 4.39. The first-order chi connectivity index (χ1) is 7.66. The summed E-state index contributed by atoms with van der Waals surface area (Å²) >= 11 is 5.23. The number of nitrogens with one attached hydrogen (secondary N) is 1. The van der Waals surface area contributed by atoms with Gasteiger partial charge >= 0.3 is 0 Å². The van der Waals surface area contributed by atoms with Crippen molar-refractivity contribution in [2.75, 3.05) is 5.32 Å². The molecule has 84 valence electrons. The maximum Gasteiger partial charge on any atom is 0.0702 e. The van der Waals surface area contributed by atoms with Crippen LogP contribution in [0.2, 0.25) is 0 Å². The van der Waals surface area contributed by atoms with Crippen LogP contribution in [0.25, 0.3) is 0 Å². The van der Waals surface area contributed by atoms with E-state index in [-0.39, 0.29) is 0 Å². The van der Waals surface area contributed by atoms with Crippen molar-refractivity contribution in [1.82, 2.24) is 4.98 Å². The number of hydrogen-bond acceptors (Lipinski definition) is 3. The van der Waals surface area contributed by atoms with Crippen molar-refractivity contribution < 1.29 is 0 Å². The van der Waals surface area contributed by atoms with Crippen LogP contribution >= 0.6 is 27.3 Å². The summed E-state index contributed by atoms with van der Waals surface area (Å²) in [5.41, 5.74) is 2.32. The average Bonchev–Trinajstić information content (AvgIpc) is 2.68. The number of thiophene rings is 1. The third kappa shape index (κ3) is 2.62. The molecule has 1 N–H and O–H groups in total. The minimum atomic E-state index is 0.305. The fraction of sp³-hybridized carbons (Fsp3) is 0.250. The quantitative estimate of drug-likeness (QED) is 0.909. The second-order valence-corrected chi connectivity index (χ2v) is 6.19. The maximum atomic E-state index is 4.13. The number of anilines is 1. The molecule has 0 fully saturated rings. The molecule has 0 aliphatic carbocycles. The van der Waals surface area contributed by atoms with Gasteiger partial charge in [0.15, 0.2) is 0 Å². The molecule has 0 aliphatic rings. The van der Waals surface area contributed by atoms with Crippen LogP contribution in [0.1, 0.15) is 23.4 Å². The molecule has 0 saturated heterocycles. The van der Waals surface area contributed by atoms with E-state index in [2.05, 4.69) is 52.2 Å². The molecule has 2 aromatic rings. The van der Waals surface area contributed by atoms with Crippen LogP contribution < -0.4 is 5.32 Å². The summed E-state index contributed by atoms with van der Waals surface area (Å²) in [5, 5.41) is 3.47. The lowest BCUT2D eigenvalue weighted by Gasteiger charge is -2.14. The average molecular weight is 297 g/mol. The molecule has 2 aromatic heterocycles. The molecule has 0 bridgehead atoms. The van der Waals surface area contributed by atoms with E-state index in [0.29, 0.717) is 6.04 Å². The molecule has 0 aliphatic heterocycles. The van der Waals surface area contributed by atoms with Gasteiger partial charge in [0.25, 0.3) is 0 Å². The van der Waals surface area contributed by atoms with Crippen molar-refractivity contribution in [3.05, 3.63) is 44.8 Å². The van der Waals surface area contributed by atoms with Gasteiger partial charge in [-0.05, 0) is 53.5 Å². The Morgan fingerprint density at radius 3 is 2.81 bits per heavy atom. The molecule has 2 heterocycles. The topological polar surface area (TPSA) is 24.9 Å². The Bertz CT molecular complexity index is 481. The van der Waals surface area contributed by atoms with E-state index in [0.717, 1.165) is 5.69 Å². The lowest BCUT2D eigenvalue weighted by atomic mass is 10.2. The van der Waals surface area contributed by atoms with Crippen molar-refractivity contribution in [1.29, 1.82) is 0 Å². The Labute approximate surface area is 108 Å². The first-order valence-electron chi connectivity index (χ1n) is 5.09. The van der Waals surface area contributed by atoms with Gasteiger partial charge in [0, 0.05) is 11.1 Å². The summed E-state index contributed by atoms with van der Waals surface area (Å²) in [5.74, 6) is 0. The number of rotatable bonds is 3. The van der Waals surface area contributed by atoms with Gasteiger partial charge in [0.2, 0.25) is 0 Å². The van der Waals surface area contributed by atoms with Crippen molar-refractivity contribution in [3.8, 4) is 0 Å². The van der Waals surface area contributed by atoms with Crippen LogP contribution in [0.3, 0.4) is 0 Å². The van der Waals surface area contributed by atoms with Gasteiger partial charge in [-0.3, -0.25) is 4.98 Å². The smallest absolute Gasteiger partial charge is 0.0702 e. The van der Waals surface area contributed by atoms with Crippen LogP contribution in [-0.4, -0.2) is 4.98 Å². The minimum Gasteiger partial charge on any atom is -0.376 e. The Hall–Kier alpha value is -0.870. The second-order valence-electron chi connectivity index (χ2n) is 3.70. The Morgan fingerprint density at radius 1 is 1.38 bits per heavy atom. The van der Waals surface area contributed by atoms with E-state index < -0.39 is 0 Å². The summed E-state index contributed by atoms with van der Waals surface area (Å²) < 4.78 is 1.17. The Kier molecular flexibility index (Phi) is 3.61. The van der Waals surface area contributed by atoms with Crippen LogP contribution in [0.5, 0.6) is 0 Å². The van der Waals surface area contributed by atoms with Crippen LogP contribution in [-0.2, 0) is 0 Å². The highest BCUT2D eigenvalue weighted by Gasteiger charge is 2.08. The maximum absolute atomic E-state index is 4.13. The molecule has 1 atom stereocenters. The standard InChI is InChI=1S/C12H13BrN2S/c1-8-5-6-14-7-10(8)15-9(2)11-3-4-12(13)16-11/h3-7,9,15H,1-2H3. The summed E-state index contributed by atoms with van der Waals surface area (Å²) in [7, 11) is 0. The highest BCUT2D eigenvalue weighted by Crippen LogP contribution is 2.29. The normalized spacial score (nSPS) is 12.4. The molecule has 2 nitrogen and oxygen atoms in total. The first-order valence-corrected chi connectivity index (χ1v) is 6.70. The SMILES string of the molecule is Cc1ccncc1NC(C)c1ccc(Br)s1. The molecule has 4 heteroatoms. The van der Waals surface area contributed by atoms with Crippen molar-refractivity contribution in [3.63, 3.8) is 0 Å². The highest BCUT2D eigenvalue weighted by molar-refractivity contribution is 9.11. The highest BCUT2D eigenvalue weighted by atomic mass is 79.9. The third-order valence-electron chi connectivity index (χ3n) is 2.43. The lowest BCUT2D eigenvalue weighted by molar-refractivity contribution is 0.903. The van der Waals surface area contributed by atoms with Crippen LogP contribution in [0.4, 0.5) is 5.69 Å². The third-order valence-corrected chi connectivity index (χ3v) is 4.24. The fourth-order valence-corrected chi connectivity index (χ4v) is 2.91. The first kappa shape index (κ1) is 11.6. The zero-order valence-electron chi connectivity index (χ0n) is 9.20. The molecular formula is C12H13BrN2S. The zero-order valence-corrected chi connectivity index (χ0v) is 11.6. The molecule has 16 heavy (non-hydrogen) atoms. The number of aryl methyl sites for hydroxylation is 1. The van der Waals surface area contributed by atoms with E-state index in [1.165, 1.54) is 14.2 Å². The van der Waals surface area contributed by atoms with Crippen molar-refractivity contribution >= 4 is 33.0 Å². The molecule has 2 rings (SSSR count). The Morgan fingerprint density at radius 2 is 2.19 bits per heavy atom. The predicted molar refractivity (Wildman–Crippen MR) is 73.0 cm³/mol. The minimum absolute atomic E-state index is 0.305. The van der Waals surface area contributed by atoms with Gasteiger partial charge < -0.3 is 5.32 Å². The molecule has 0 amide bonds. The number of hydrogen-bond donors (Lipinski definition) is 1. The monoisotopic (exact) mass is 296 g/mol. The molecule has 1 unspecified atom stereocenters. The van der Waals surface area contributed by atoms with Crippen LogP contribution in [0.15, 0.2) is 34.4 Å². The van der Waals surface area contributed by atoms with Gasteiger partial charge in [-0.25, -0.2) is 0 Å². The number of pyridine rings is 1. The van der Waals surface area contributed by atoms with Gasteiger partial charge in [0.05, 0.1) is 21.7 Å². The van der Waals surface area contributed by atoms with Crippen molar-refractivity contribution in [2.45, 2.75) is 19.9 Å². The summed E-state index contributed by atoms with van der Waals surface area (Å²) in [6.07, 6.45) is 3.68. The van der Waals surface area contributed by atoms with E-state index in [1.54, 1.807) is 11.3 Å². The molecule has 0 saturated carbocycles. The van der Waals surface area contributed by atoms with Gasteiger partial charge in [-0.1, -0.05) is 0 Å². The fourth-order valence-electron chi connectivity index (χ4n) is 1.48. The summed E-state index contributed by atoms with van der Waals surface area (Å²) in [4.78, 5) is 5.44. The van der Waals surface area contributed by atoms with Gasteiger partial charge in [-0.2, -0.15) is 0 Å². The summed E-state index contributed by atoms with van der Waals surface area (Å²) in [6.45, 7) is 4.24. The van der Waals surface area contributed by atoms with E-state index in [4.69, 9.17) is 0 Å². The molecule has 0 aromatic carbocycles. The lowest BCUT2D eigenvalue weighted by Crippen LogP contribution is -2.06. The second kappa shape index (κ2) is 4.97. The van der Waals surface area contributed by atoms with E-state index in [1.807, 2.05) is 18.5 Å². The van der Waals surface area contributed by atoms with Crippen LogP contribution in [0, 0.1) is 6.92 Å².